The lowest BCUT2D eigenvalue weighted by atomic mass is 10.1. The van der Waals surface area contributed by atoms with Crippen molar-refractivity contribution >= 4 is 5.91 Å². The molecule has 0 spiro atoms. The lowest BCUT2D eigenvalue weighted by molar-refractivity contribution is -0.124. The number of benzene rings is 1. The summed E-state index contributed by atoms with van der Waals surface area (Å²) in [5.41, 5.74) is 1.05. The highest BCUT2D eigenvalue weighted by molar-refractivity contribution is 5.80. The molecule has 7 heteroatoms. The third kappa shape index (κ3) is 4.03. The Morgan fingerprint density at radius 2 is 2.09 bits per heavy atom. The molecule has 0 bridgehead atoms. The fraction of sp³-hybridized carbons (Fsp3) is 0.250. The predicted molar refractivity (Wildman–Crippen MR) is 82.4 cm³/mol. The van der Waals surface area contributed by atoms with Gasteiger partial charge in [-0.05, 0) is 28.1 Å². The second kappa shape index (κ2) is 7.35. The van der Waals surface area contributed by atoms with Gasteiger partial charge in [0.25, 0.3) is 0 Å². The second-order valence-electron chi connectivity index (χ2n) is 5.12. The Kier molecular flexibility index (Phi) is 4.78. The maximum atomic E-state index is 12.5. The van der Waals surface area contributed by atoms with E-state index < -0.39 is 6.04 Å². The van der Waals surface area contributed by atoms with E-state index in [1.54, 1.807) is 6.26 Å². The fourth-order valence-electron chi connectivity index (χ4n) is 2.34. The number of carbonyl (C=O) groups excluding carboxylic acids is 1. The number of tetrazole rings is 1. The van der Waals surface area contributed by atoms with Gasteiger partial charge < -0.3 is 9.73 Å². The van der Waals surface area contributed by atoms with Crippen LogP contribution in [0.25, 0.3) is 0 Å². The third-order valence-electron chi connectivity index (χ3n) is 3.51. The standard InChI is InChI=1S/C16H17N5O2/c22-16(17-9-8-14-7-4-10-23-14)15(21-12-18-19-20-21)11-13-5-2-1-3-6-13/h1-7,10,12,15H,8-9,11H2,(H,17,22)/t15-/m0/s1. The first-order valence-electron chi connectivity index (χ1n) is 7.39. The molecule has 1 N–H and O–H groups in total. The van der Waals surface area contributed by atoms with Crippen molar-refractivity contribution in [2.24, 2.45) is 0 Å². The minimum absolute atomic E-state index is 0.118. The third-order valence-corrected chi connectivity index (χ3v) is 3.51. The van der Waals surface area contributed by atoms with Gasteiger partial charge in [0.05, 0.1) is 6.26 Å². The molecule has 118 valence electrons. The van der Waals surface area contributed by atoms with Crippen LogP contribution in [0.3, 0.4) is 0 Å². The molecule has 1 atom stereocenters. The minimum Gasteiger partial charge on any atom is -0.469 e. The molecule has 1 aromatic carbocycles. The van der Waals surface area contributed by atoms with Crippen molar-refractivity contribution in [1.29, 1.82) is 0 Å². The first kappa shape index (κ1) is 15.0. The zero-order valence-electron chi connectivity index (χ0n) is 12.5. The molecule has 7 nitrogen and oxygen atoms in total. The van der Waals surface area contributed by atoms with Crippen LogP contribution < -0.4 is 5.32 Å². The number of nitrogens with one attached hydrogen (secondary N) is 1. The molecule has 3 aromatic rings. The molecule has 3 rings (SSSR count). The summed E-state index contributed by atoms with van der Waals surface area (Å²) >= 11 is 0. The minimum atomic E-state index is -0.482. The van der Waals surface area contributed by atoms with Crippen molar-refractivity contribution in [1.82, 2.24) is 25.5 Å². The lowest BCUT2D eigenvalue weighted by Gasteiger charge is -2.16. The fourth-order valence-corrected chi connectivity index (χ4v) is 2.34. The van der Waals surface area contributed by atoms with Crippen molar-refractivity contribution in [2.45, 2.75) is 18.9 Å². The largest absolute Gasteiger partial charge is 0.469 e. The summed E-state index contributed by atoms with van der Waals surface area (Å²) in [5.74, 6) is 0.722. The smallest absolute Gasteiger partial charge is 0.245 e. The Morgan fingerprint density at radius 3 is 2.78 bits per heavy atom. The number of rotatable bonds is 7. The molecule has 0 aliphatic rings. The van der Waals surface area contributed by atoms with E-state index in [1.807, 2.05) is 42.5 Å². The van der Waals surface area contributed by atoms with E-state index in [0.717, 1.165) is 11.3 Å². The van der Waals surface area contributed by atoms with Crippen LogP contribution in [0.2, 0.25) is 0 Å². The first-order valence-corrected chi connectivity index (χ1v) is 7.39. The Labute approximate surface area is 133 Å². The number of amides is 1. The summed E-state index contributed by atoms with van der Waals surface area (Å²) in [6.07, 6.45) is 4.25. The highest BCUT2D eigenvalue weighted by Gasteiger charge is 2.21. The van der Waals surface area contributed by atoms with Gasteiger partial charge >= 0.3 is 0 Å². The van der Waals surface area contributed by atoms with Gasteiger partial charge in [-0.2, -0.15) is 0 Å². The quantitative estimate of drug-likeness (QED) is 0.713. The van der Waals surface area contributed by atoms with Gasteiger partial charge in [0, 0.05) is 19.4 Å². The van der Waals surface area contributed by atoms with Gasteiger partial charge in [0.15, 0.2) is 0 Å². The monoisotopic (exact) mass is 311 g/mol. The number of furan rings is 1. The average molecular weight is 311 g/mol. The van der Waals surface area contributed by atoms with E-state index in [9.17, 15) is 4.79 Å². The molecule has 0 saturated carbocycles. The van der Waals surface area contributed by atoms with Crippen molar-refractivity contribution in [3.05, 3.63) is 66.4 Å². The lowest BCUT2D eigenvalue weighted by Crippen LogP contribution is -2.35. The van der Waals surface area contributed by atoms with E-state index in [2.05, 4.69) is 20.8 Å². The van der Waals surface area contributed by atoms with E-state index in [0.29, 0.717) is 19.4 Å². The van der Waals surface area contributed by atoms with Crippen LogP contribution in [-0.2, 0) is 17.6 Å². The van der Waals surface area contributed by atoms with Crippen LogP contribution >= 0.6 is 0 Å². The van der Waals surface area contributed by atoms with Crippen LogP contribution in [0.1, 0.15) is 17.4 Å². The van der Waals surface area contributed by atoms with Crippen LogP contribution in [-0.4, -0.2) is 32.7 Å². The van der Waals surface area contributed by atoms with E-state index in [1.165, 1.54) is 11.0 Å². The summed E-state index contributed by atoms with van der Waals surface area (Å²) in [6, 6.07) is 13.0. The number of hydrogen-bond donors (Lipinski definition) is 1. The molecular weight excluding hydrogens is 294 g/mol. The summed E-state index contributed by atoms with van der Waals surface area (Å²) in [4.78, 5) is 12.5. The average Bonchev–Trinajstić information content (AvgIpc) is 3.27. The number of carbonyl (C=O) groups is 1. The maximum absolute atomic E-state index is 12.5. The van der Waals surface area contributed by atoms with Gasteiger partial charge in [0.2, 0.25) is 5.91 Å². The molecular formula is C16H17N5O2. The normalized spacial score (nSPS) is 12.0. The molecule has 0 radical (unpaired) electrons. The van der Waals surface area contributed by atoms with Gasteiger partial charge in [-0.1, -0.05) is 30.3 Å². The molecule has 0 fully saturated rings. The van der Waals surface area contributed by atoms with Gasteiger partial charge in [-0.3, -0.25) is 4.79 Å². The Bertz CT molecular complexity index is 710. The molecule has 0 unspecified atom stereocenters. The van der Waals surface area contributed by atoms with Crippen molar-refractivity contribution < 1.29 is 9.21 Å². The summed E-state index contributed by atoms with van der Waals surface area (Å²) in [7, 11) is 0. The van der Waals surface area contributed by atoms with Crippen molar-refractivity contribution in [2.75, 3.05) is 6.54 Å². The second-order valence-corrected chi connectivity index (χ2v) is 5.12. The SMILES string of the molecule is O=C(NCCc1ccco1)[C@H](Cc1ccccc1)n1cnnn1. The van der Waals surface area contributed by atoms with Crippen LogP contribution in [0.5, 0.6) is 0 Å². The Hall–Kier alpha value is -2.96. The molecule has 2 heterocycles. The maximum Gasteiger partial charge on any atom is 0.245 e. The molecule has 2 aromatic heterocycles. The molecule has 0 aliphatic carbocycles. The van der Waals surface area contributed by atoms with Crippen LogP contribution in [0.15, 0.2) is 59.5 Å². The van der Waals surface area contributed by atoms with E-state index in [4.69, 9.17) is 4.42 Å². The zero-order valence-corrected chi connectivity index (χ0v) is 12.5. The van der Waals surface area contributed by atoms with Gasteiger partial charge in [-0.15, -0.1) is 5.10 Å². The highest BCUT2D eigenvalue weighted by atomic mass is 16.3. The van der Waals surface area contributed by atoms with Crippen molar-refractivity contribution in [3.8, 4) is 0 Å². The Balaban J connectivity index is 1.64. The van der Waals surface area contributed by atoms with Crippen LogP contribution in [0.4, 0.5) is 0 Å². The number of hydrogen-bond acceptors (Lipinski definition) is 5. The first-order chi connectivity index (χ1) is 11.3. The number of aromatic nitrogens is 4. The van der Waals surface area contributed by atoms with Gasteiger partial charge in [-0.25, -0.2) is 4.68 Å². The van der Waals surface area contributed by atoms with Gasteiger partial charge in [0.1, 0.15) is 18.1 Å². The molecule has 0 aliphatic heterocycles. The van der Waals surface area contributed by atoms with E-state index in [-0.39, 0.29) is 5.91 Å². The molecule has 0 saturated heterocycles. The molecule has 23 heavy (non-hydrogen) atoms. The molecule has 1 amide bonds. The predicted octanol–water partition coefficient (Wildman–Crippen LogP) is 1.41. The topological polar surface area (TPSA) is 85.8 Å². The van der Waals surface area contributed by atoms with Crippen molar-refractivity contribution in [3.63, 3.8) is 0 Å². The summed E-state index contributed by atoms with van der Waals surface area (Å²) < 4.78 is 6.74. The van der Waals surface area contributed by atoms with Crippen LogP contribution in [0, 0.1) is 0 Å². The summed E-state index contributed by atoms with van der Waals surface area (Å²) in [5, 5.41) is 14.0. The van der Waals surface area contributed by atoms with E-state index >= 15 is 0 Å². The zero-order chi connectivity index (χ0) is 15.9. The highest BCUT2D eigenvalue weighted by Crippen LogP contribution is 2.13. The summed E-state index contributed by atoms with van der Waals surface area (Å²) in [6.45, 7) is 0.500. The Morgan fingerprint density at radius 1 is 1.22 bits per heavy atom. The number of nitrogens with zero attached hydrogens (tertiary/aromatic N) is 4.